The highest BCUT2D eigenvalue weighted by atomic mass is 32.1. The van der Waals surface area contributed by atoms with E-state index in [1.165, 1.54) is 139 Å². The summed E-state index contributed by atoms with van der Waals surface area (Å²) in [6, 6.07) is 163. The van der Waals surface area contributed by atoms with Crippen molar-refractivity contribution in [1.29, 1.82) is 0 Å². The maximum atomic E-state index is 6.54. The zero-order valence-electron chi connectivity index (χ0n) is 74.7. The van der Waals surface area contributed by atoms with Crippen LogP contribution in [0.4, 0.5) is 51.2 Å². The highest BCUT2D eigenvalue weighted by Gasteiger charge is 2.39. The third-order valence-corrected chi connectivity index (χ3v) is 30.0. The summed E-state index contributed by atoms with van der Waals surface area (Å²) in [4.78, 5) is 6.96. The fourth-order valence-electron chi connectivity index (χ4n) is 22.8. The number of rotatable bonds is 9. The van der Waals surface area contributed by atoms with Gasteiger partial charge in [0.2, 0.25) is 0 Å². The fourth-order valence-corrected chi connectivity index (χ4v) is 24.1. The standard InChI is InChI=1S/C45H31NO.C42H25NO2.C42H25NOS/c1-45(2)39-18-10-8-17-37(39)43-36-16-7-6-15-35(36)42-32-24-21-30(26-28(32)20-23-38(42)44(43)45)46(29-12-4-3-5-13-29)31-22-25-34-33-14-9-11-19-40(33)47-41(34)27-31;1-2-10-27(11-3-1)43(29-20-23-32-31-12-6-8-16-37(31)44-39(32)25-29)28-19-22-30-26(24-28)18-21-36-40(30)33-13-4-5-14-34(33)41-35-15-7-9-17-38(35)45-42(36)41;1-2-10-27(11-3-1)43(29-20-23-32-31-12-6-8-16-37(31)44-38(32)25-29)28-19-22-30-26(24-28)18-21-36-40(30)33-13-4-5-14-34(33)42-41(36)35-15-7-9-17-39(35)45-42/h3-27H,1-2H3;2*1-25H. The number of anilines is 9. The van der Waals surface area contributed by atoms with Gasteiger partial charge in [0, 0.05) is 154 Å². The molecule has 0 spiro atoms. The van der Waals surface area contributed by atoms with E-state index in [0.717, 1.165) is 139 Å². The molecular formula is C129H81N3O4S. The van der Waals surface area contributed by atoms with Crippen LogP contribution in [0, 0.1) is 0 Å². The number of nitrogens with zero attached hydrogens (tertiary/aromatic N) is 3. The molecule has 0 radical (unpaired) electrons. The van der Waals surface area contributed by atoms with Crippen molar-refractivity contribution >= 4 is 267 Å². The van der Waals surface area contributed by atoms with Gasteiger partial charge in [-0.3, -0.25) is 0 Å². The van der Waals surface area contributed by atoms with Gasteiger partial charge in [0.05, 0.1) is 0 Å². The number of hydrogen-bond acceptors (Lipinski definition) is 8. The predicted octanol–water partition coefficient (Wildman–Crippen LogP) is 38.1. The number of benzene rings is 24. The van der Waals surface area contributed by atoms with Gasteiger partial charge in [-0.25, -0.2) is 0 Å². The average molecular weight is 1770 g/mol. The second kappa shape index (κ2) is 30.8. The molecule has 0 N–H and O–H groups in total. The van der Waals surface area contributed by atoms with Crippen LogP contribution in [0.3, 0.4) is 0 Å². The molecule has 5 aromatic heterocycles. The molecule has 137 heavy (non-hydrogen) atoms. The minimum atomic E-state index is -0.0960. The Hall–Kier alpha value is -17.6. The van der Waals surface area contributed by atoms with Crippen LogP contribution in [0.2, 0.25) is 0 Å². The molecule has 0 fully saturated rings. The maximum absolute atomic E-state index is 6.54. The van der Waals surface area contributed by atoms with Gasteiger partial charge in [-0.1, -0.05) is 305 Å². The minimum absolute atomic E-state index is 0.0960. The highest BCUT2D eigenvalue weighted by Crippen LogP contribution is 2.57. The van der Waals surface area contributed by atoms with E-state index in [0.29, 0.717) is 0 Å². The Bertz CT molecular complexity index is 10100. The topological polar surface area (TPSA) is 62.3 Å². The van der Waals surface area contributed by atoms with Gasteiger partial charge < -0.3 is 32.4 Å². The van der Waals surface area contributed by atoms with E-state index in [2.05, 4.69) is 441 Å². The first-order chi connectivity index (χ1) is 67.7. The fraction of sp³-hybridized carbons (Fsp3) is 0.0233. The van der Waals surface area contributed by atoms with Gasteiger partial charge in [0.1, 0.15) is 44.7 Å². The molecular weight excluding hydrogens is 1690 g/mol. The summed E-state index contributed by atoms with van der Waals surface area (Å²) in [5, 5.41) is 34.6. The van der Waals surface area contributed by atoms with E-state index in [1.807, 2.05) is 53.8 Å². The number of thiophene rings is 1. The molecule has 7 nitrogen and oxygen atoms in total. The highest BCUT2D eigenvalue weighted by molar-refractivity contribution is 7.27. The molecule has 1 aliphatic carbocycles. The van der Waals surface area contributed by atoms with Crippen molar-refractivity contribution in [2.24, 2.45) is 0 Å². The zero-order chi connectivity index (χ0) is 90.2. The zero-order valence-corrected chi connectivity index (χ0v) is 75.5. The molecule has 0 amide bonds. The van der Waals surface area contributed by atoms with Crippen molar-refractivity contribution in [3.63, 3.8) is 0 Å². The van der Waals surface area contributed by atoms with Crippen LogP contribution < -0.4 is 14.7 Å². The number of hydrogen-bond donors (Lipinski definition) is 0. The number of furan rings is 4. The summed E-state index contributed by atoms with van der Waals surface area (Å²) >= 11 is 1.90. The molecule has 0 aliphatic heterocycles. The van der Waals surface area contributed by atoms with Crippen molar-refractivity contribution in [3.05, 3.63) is 466 Å². The normalized spacial score (nSPS) is 12.5. The summed E-state index contributed by atoms with van der Waals surface area (Å²) < 4.78 is 28.2. The molecule has 24 aromatic carbocycles. The van der Waals surface area contributed by atoms with Gasteiger partial charge >= 0.3 is 0 Å². The third kappa shape index (κ3) is 12.2. The Kier molecular flexibility index (Phi) is 17.5. The summed E-state index contributed by atoms with van der Waals surface area (Å²) in [6.45, 7) is 4.77. The molecule has 8 heteroatoms. The Morgan fingerprint density at radius 2 is 0.511 bits per heavy atom. The maximum Gasteiger partial charge on any atom is 0.143 e. The lowest BCUT2D eigenvalue weighted by atomic mass is 9.78. The molecule has 0 saturated heterocycles. The molecule has 0 unspecified atom stereocenters. The second-order valence-corrected chi connectivity index (χ2v) is 37.7. The van der Waals surface area contributed by atoms with Gasteiger partial charge in [0.25, 0.3) is 0 Å². The lowest BCUT2D eigenvalue weighted by Crippen LogP contribution is -2.15. The van der Waals surface area contributed by atoms with Crippen LogP contribution in [-0.4, -0.2) is 0 Å². The first-order valence-electron chi connectivity index (χ1n) is 46.9. The van der Waals surface area contributed by atoms with Crippen molar-refractivity contribution in [3.8, 4) is 11.1 Å². The van der Waals surface area contributed by atoms with Crippen molar-refractivity contribution in [1.82, 2.24) is 0 Å². The average Bonchev–Trinajstić information content (AvgIpc) is 1.56. The van der Waals surface area contributed by atoms with Crippen LogP contribution in [0.5, 0.6) is 0 Å². The molecule has 0 saturated carbocycles. The first-order valence-corrected chi connectivity index (χ1v) is 47.7. The lowest BCUT2D eigenvalue weighted by Gasteiger charge is -2.26. The molecule has 642 valence electrons. The number of para-hydroxylation sites is 7. The third-order valence-electron chi connectivity index (χ3n) is 28.8. The molecule has 29 aromatic rings. The van der Waals surface area contributed by atoms with E-state index in [1.54, 1.807) is 0 Å². The molecule has 0 atom stereocenters. The largest absolute Gasteiger partial charge is 0.456 e. The first kappa shape index (κ1) is 78.1. The van der Waals surface area contributed by atoms with E-state index >= 15 is 0 Å². The van der Waals surface area contributed by atoms with Crippen LogP contribution >= 0.6 is 11.3 Å². The molecule has 0 bridgehead atoms. The SMILES string of the molecule is CC1(C)c2ccccc2-c2c1c1ccc3cc(N(c4ccccc4)c4ccc5c(c4)oc4ccccc45)ccc3c1c1ccccc21.c1ccc(N(c2ccc3c(ccc4c3c3ccccc3c3sc5ccccc5c43)c2)c2ccc3c(c2)oc2ccccc23)cc1.c1ccc(N(c2ccc3c(ccc4c5oc6ccccc6c5c5ccccc5c34)c2)c2ccc3c(c2)oc2ccccc23)cc1. The Balaban J connectivity index is 0.000000102. The van der Waals surface area contributed by atoms with Gasteiger partial charge in [-0.05, 0) is 249 Å². The Labute approximate surface area is 790 Å². The van der Waals surface area contributed by atoms with Crippen LogP contribution in [0.15, 0.2) is 473 Å². The summed E-state index contributed by atoms with van der Waals surface area (Å²) in [5.74, 6) is 0. The molecule has 30 rings (SSSR count). The van der Waals surface area contributed by atoms with Crippen LogP contribution in [0.25, 0.3) is 216 Å². The van der Waals surface area contributed by atoms with Crippen LogP contribution in [-0.2, 0) is 5.41 Å². The quantitative estimate of drug-likeness (QED) is 0.133. The van der Waals surface area contributed by atoms with Gasteiger partial charge in [0.15, 0.2) is 0 Å². The molecule has 5 heterocycles. The monoisotopic (exact) mass is 1770 g/mol. The van der Waals surface area contributed by atoms with Crippen LogP contribution in [0.1, 0.15) is 25.0 Å². The Morgan fingerprint density at radius 1 is 0.197 bits per heavy atom. The van der Waals surface area contributed by atoms with Gasteiger partial charge in [-0.2, -0.15) is 0 Å². The number of fused-ring (bicyclic) bond motifs is 39. The summed E-state index contributed by atoms with van der Waals surface area (Å²) in [6.07, 6.45) is 0. The minimum Gasteiger partial charge on any atom is -0.456 e. The van der Waals surface area contributed by atoms with Gasteiger partial charge in [-0.15, -0.1) is 11.3 Å². The van der Waals surface area contributed by atoms with E-state index < -0.39 is 0 Å². The smallest absolute Gasteiger partial charge is 0.143 e. The lowest BCUT2D eigenvalue weighted by molar-refractivity contribution is 0.666. The van der Waals surface area contributed by atoms with E-state index in [4.69, 9.17) is 17.7 Å². The molecule has 1 aliphatic rings. The van der Waals surface area contributed by atoms with E-state index in [-0.39, 0.29) is 5.41 Å². The van der Waals surface area contributed by atoms with Crippen molar-refractivity contribution < 1.29 is 17.7 Å². The summed E-state index contributed by atoms with van der Waals surface area (Å²) in [7, 11) is 0. The van der Waals surface area contributed by atoms with Crippen molar-refractivity contribution in [2.75, 3.05) is 14.7 Å². The Morgan fingerprint density at radius 3 is 0.985 bits per heavy atom. The summed E-state index contributed by atoms with van der Waals surface area (Å²) in [5.41, 5.74) is 22.5. The predicted molar refractivity (Wildman–Crippen MR) is 580 cm³/mol. The van der Waals surface area contributed by atoms with Crippen molar-refractivity contribution in [2.45, 2.75) is 19.3 Å². The second-order valence-electron chi connectivity index (χ2n) is 36.7. The van der Waals surface area contributed by atoms with E-state index in [9.17, 15) is 0 Å².